The smallest absolute Gasteiger partial charge is 0.207 e. The minimum atomic E-state index is -2.36. The summed E-state index contributed by atoms with van der Waals surface area (Å²) in [6, 6.07) is 0. The summed E-state index contributed by atoms with van der Waals surface area (Å²) in [6.07, 6.45) is 13.1. The molecule has 1 fully saturated rings. The van der Waals surface area contributed by atoms with Gasteiger partial charge in [0.15, 0.2) is 0 Å². The first-order valence-electron chi connectivity index (χ1n) is 8.84. The Bertz CT molecular complexity index is 262. The average molecular weight is 288 g/mol. The van der Waals surface area contributed by atoms with Gasteiger partial charge in [0, 0.05) is 12.3 Å². The molecular weight excluding hydrogens is 254 g/mol. The van der Waals surface area contributed by atoms with E-state index < -0.39 is 5.92 Å². The summed E-state index contributed by atoms with van der Waals surface area (Å²) in [4.78, 5) is 0. The lowest BCUT2D eigenvalue weighted by molar-refractivity contribution is 0.0515. The van der Waals surface area contributed by atoms with E-state index in [9.17, 15) is 8.78 Å². The summed E-state index contributed by atoms with van der Waals surface area (Å²) in [6.45, 7) is 6.54. The fourth-order valence-electron chi connectivity index (χ4n) is 3.53. The first kappa shape index (κ1) is 17.9. The zero-order chi connectivity index (χ0) is 15.1. The van der Waals surface area contributed by atoms with Crippen LogP contribution in [-0.2, 0) is 0 Å². The Labute approximate surface area is 124 Å². The Morgan fingerprint density at radius 2 is 1.25 bits per heavy atom. The van der Waals surface area contributed by atoms with Crippen molar-refractivity contribution in [1.29, 1.82) is 0 Å². The molecule has 0 aromatic rings. The largest absolute Gasteiger partial charge is 0.252 e. The van der Waals surface area contributed by atoms with Crippen LogP contribution in [0.5, 0.6) is 0 Å². The molecule has 0 saturated heterocycles. The molecule has 0 aliphatic heterocycles. The van der Waals surface area contributed by atoms with Gasteiger partial charge in [0.1, 0.15) is 0 Å². The number of halogens is 2. The lowest BCUT2D eigenvalue weighted by Crippen LogP contribution is -2.23. The number of alkyl halides is 2. The van der Waals surface area contributed by atoms with Gasteiger partial charge in [-0.3, -0.25) is 0 Å². The molecule has 0 aromatic carbocycles. The summed E-state index contributed by atoms with van der Waals surface area (Å²) in [5.41, 5.74) is -0.108. The third-order valence-corrected chi connectivity index (χ3v) is 5.12. The van der Waals surface area contributed by atoms with E-state index in [1.165, 1.54) is 44.9 Å². The molecule has 120 valence electrons. The minimum absolute atomic E-state index is 0.108. The van der Waals surface area contributed by atoms with Gasteiger partial charge < -0.3 is 0 Å². The zero-order valence-corrected chi connectivity index (χ0v) is 13.8. The van der Waals surface area contributed by atoms with Crippen LogP contribution >= 0.6 is 0 Å². The van der Waals surface area contributed by atoms with E-state index in [2.05, 4.69) is 20.8 Å². The van der Waals surface area contributed by atoms with E-state index in [-0.39, 0.29) is 17.8 Å². The maximum atomic E-state index is 13.5. The predicted octanol–water partition coefficient (Wildman–Crippen LogP) is 6.98. The van der Waals surface area contributed by atoms with Crippen LogP contribution in [0.15, 0.2) is 0 Å². The van der Waals surface area contributed by atoms with Gasteiger partial charge in [0.05, 0.1) is 0 Å². The van der Waals surface area contributed by atoms with Crippen LogP contribution in [0.4, 0.5) is 8.78 Å². The first-order chi connectivity index (χ1) is 9.46. The molecule has 2 unspecified atom stereocenters. The molecule has 1 aliphatic rings. The van der Waals surface area contributed by atoms with Gasteiger partial charge in [-0.05, 0) is 18.3 Å². The number of rotatable bonds is 12. The Hall–Kier alpha value is -0.140. The average Bonchev–Trinajstić information content (AvgIpc) is 3.05. The maximum Gasteiger partial charge on any atom is 0.252 e. The van der Waals surface area contributed by atoms with E-state index in [1.807, 2.05) is 0 Å². The van der Waals surface area contributed by atoms with Gasteiger partial charge in [-0.25, -0.2) is 8.78 Å². The van der Waals surface area contributed by atoms with Crippen LogP contribution < -0.4 is 0 Å². The van der Waals surface area contributed by atoms with Crippen LogP contribution in [0.1, 0.15) is 97.8 Å². The number of hydrogen-bond donors (Lipinski definition) is 0. The molecule has 1 rings (SSSR count). The van der Waals surface area contributed by atoms with Crippen LogP contribution in [0.3, 0.4) is 0 Å². The maximum absolute atomic E-state index is 13.5. The SMILES string of the molecule is CCCCCCCC(C)(CCCCCC)C1CC1(F)F. The van der Waals surface area contributed by atoms with Crippen molar-refractivity contribution in [3.63, 3.8) is 0 Å². The molecule has 1 saturated carbocycles. The summed E-state index contributed by atoms with van der Waals surface area (Å²) < 4.78 is 27.0. The Balaban J connectivity index is 2.35. The lowest BCUT2D eigenvalue weighted by Gasteiger charge is -2.30. The highest BCUT2D eigenvalue weighted by molar-refractivity contribution is 5.04. The number of unbranched alkanes of at least 4 members (excludes halogenated alkanes) is 7. The summed E-state index contributed by atoms with van der Waals surface area (Å²) in [5.74, 6) is -2.69. The van der Waals surface area contributed by atoms with Gasteiger partial charge in [-0.1, -0.05) is 78.6 Å². The van der Waals surface area contributed by atoms with Gasteiger partial charge in [0.2, 0.25) is 0 Å². The van der Waals surface area contributed by atoms with Crippen molar-refractivity contribution in [2.75, 3.05) is 0 Å². The molecule has 0 heterocycles. The van der Waals surface area contributed by atoms with E-state index in [4.69, 9.17) is 0 Å². The van der Waals surface area contributed by atoms with Crippen molar-refractivity contribution in [2.45, 2.75) is 104 Å². The molecule has 0 nitrogen and oxygen atoms in total. The monoisotopic (exact) mass is 288 g/mol. The van der Waals surface area contributed by atoms with Crippen LogP contribution in [0.25, 0.3) is 0 Å². The second kappa shape index (κ2) is 8.34. The third-order valence-electron chi connectivity index (χ3n) is 5.12. The van der Waals surface area contributed by atoms with Gasteiger partial charge in [0.25, 0.3) is 5.92 Å². The van der Waals surface area contributed by atoms with Crippen molar-refractivity contribution >= 4 is 0 Å². The van der Waals surface area contributed by atoms with Gasteiger partial charge >= 0.3 is 0 Å². The van der Waals surface area contributed by atoms with E-state index in [0.29, 0.717) is 0 Å². The molecule has 20 heavy (non-hydrogen) atoms. The van der Waals surface area contributed by atoms with Crippen LogP contribution in [0, 0.1) is 11.3 Å². The van der Waals surface area contributed by atoms with E-state index in [0.717, 1.165) is 25.7 Å². The lowest BCUT2D eigenvalue weighted by atomic mass is 9.75. The Kier molecular flexibility index (Phi) is 7.47. The van der Waals surface area contributed by atoms with Crippen molar-refractivity contribution in [3.05, 3.63) is 0 Å². The molecule has 0 amide bonds. The fraction of sp³-hybridized carbons (Fsp3) is 1.00. The van der Waals surface area contributed by atoms with Crippen molar-refractivity contribution in [2.24, 2.45) is 11.3 Å². The second-order valence-electron chi connectivity index (χ2n) is 7.15. The quantitative estimate of drug-likeness (QED) is 0.340. The second-order valence-corrected chi connectivity index (χ2v) is 7.15. The summed E-state index contributed by atoms with van der Waals surface area (Å²) in [7, 11) is 0. The standard InChI is InChI=1S/C18H34F2/c1-4-6-8-10-12-14-17(3,13-11-9-7-5-2)16-15-18(16,19)20/h16H,4-15H2,1-3H3. The zero-order valence-electron chi connectivity index (χ0n) is 13.8. The van der Waals surface area contributed by atoms with E-state index in [1.54, 1.807) is 0 Å². The van der Waals surface area contributed by atoms with Crippen molar-refractivity contribution in [1.82, 2.24) is 0 Å². The fourth-order valence-corrected chi connectivity index (χ4v) is 3.53. The first-order valence-corrected chi connectivity index (χ1v) is 8.84. The van der Waals surface area contributed by atoms with Crippen LogP contribution in [-0.4, -0.2) is 5.92 Å². The molecule has 0 N–H and O–H groups in total. The normalized spacial score (nSPS) is 23.6. The molecule has 2 atom stereocenters. The Morgan fingerprint density at radius 3 is 1.65 bits per heavy atom. The molecule has 0 spiro atoms. The topological polar surface area (TPSA) is 0 Å². The van der Waals surface area contributed by atoms with E-state index >= 15 is 0 Å². The minimum Gasteiger partial charge on any atom is -0.207 e. The van der Waals surface area contributed by atoms with Crippen molar-refractivity contribution < 1.29 is 8.78 Å². The molecule has 0 radical (unpaired) electrons. The molecule has 1 aliphatic carbocycles. The highest BCUT2D eigenvalue weighted by atomic mass is 19.3. The van der Waals surface area contributed by atoms with Crippen LogP contribution in [0.2, 0.25) is 0 Å². The number of hydrogen-bond acceptors (Lipinski definition) is 0. The highest BCUT2D eigenvalue weighted by Gasteiger charge is 2.63. The summed E-state index contributed by atoms with van der Waals surface area (Å²) in [5, 5.41) is 0. The Morgan fingerprint density at radius 1 is 0.850 bits per heavy atom. The third kappa shape index (κ3) is 5.69. The molecule has 2 heteroatoms. The summed E-state index contributed by atoms with van der Waals surface area (Å²) >= 11 is 0. The highest BCUT2D eigenvalue weighted by Crippen LogP contribution is 2.61. The molecule has 0 bridgehead atoms. The van der Waals surface area contributed by atoms with Crippen molar-refractivity contribution in [3.8, 4) is 0 Å². The van der Waals surface area contributed by atoms with Gasteiger partial charge in [-0.2, -0.15) is 0 Å². The van der Waals surface area contributed by atoms with Gasteiger partial charge in [-0.15, -0.1) is 0 Å². The molecular formula is C18H34F2. The predicted molar refractivity (Wildman–Crippen MR) is 83.3 cm³/mol. The molecule has 0 aromatic heterocycles.